The third-order valence-electron chi connectivity index (χ3n) is 4.79. The van der Waals surface area contributed by atoms with E-state index in [0.717, 1.165) is 0 Å². The third kappa shape index (κ3) is 3.63. The fourth-order valence-electron chi connectivity index (χ4n) is 3.06. The Morgan fingerprint density at radius 3 is 2.19 bits per heavy atom. The van der Waals surface area contributed by atoms with Crippen molar-refractivity contribution in [3.63, 3.8) is 0 Å². The number of ether oxygens (including phenoxy) is 1. The van der Waals surface area contributed by atoms with Gasteiger partial charge in [-0.25, -0.2) is 9.18 Å². The maximum atomic E-state index is 13.0. The van der Waals surface area contributed by atoms with Gasteiger partial charge < -0.3 is 19.9 Å². The van der Waals surface area contributed by atoms with Gasteiger partial charge in [0.25, 0.3) is 0 Å². The van der Waals surface area contributed by atoms with E-state index in [2.05, 4.69) is 5.32 Å². The average Bonchev–Trinajstić information content (AvgIpc) is 3.45. The van der Waals surface area contributed by atoms with E-state index in [9.17, 15) is 18.8 Å². The van der Waals surface area contributed by atoms with Gasteiger partial charge in [0.2, 0.25) is 11.8 Å². The van der Waals surface area contributed by atoms with Crippen molar-refractivity contribution in [3.8, 4) is 0 Å². The van der Waals surface area contributed by atoms with Gasteiger partial charge in [-0.2, -0.15) is 0 Å². The minimum Gasteiger partial charge on any atom is -0.450 e. The first kappa shape index (κ1) is 18.2. The molecular weight excluding hydrogens is 341 g/mol. The van der Waals surface area contributed by atoms with Gasteiger partial charge in [0.1, 0.15) is 11.2 Å². The Kier molecular flexibility index (Phi) is 5.11. The molecule has 1 N–H and O–H groups in total. The maximum Gasteiger partial charge on any atom is 0.409 e. The van der Waals surface area contributed by atoms with Crippen LogP contribution in [0.2, 0.25) is 0 Å². The first-order chi connectivity index (χ1) is 12.5. The molecule has 8 heteroatoms. The number of rotatable bonds is 4. The second-order valence-corrected chi connectivity index (χ2v) is 6.52. The van der Waals surface area contributed by atoms with Crippen molar-refractivity contribution in [2.24, 2.45) is 5.41 Å². The molecule has 140 valence electrons. The molecule has 0 bridgehead atoms. The summed E-state index contributed by atoms with van der Waals surface area (Å²) in [5.41, 5.74) is -0.580. The summed E-state index contributed by atoms with van der Waals surface area (Å²) in [6, 6.07) is 5.44. The Labute approximate surface area is 151 Å². The summed E-state index contributed by atoms with van der Waals surface area (Å²) in [5, 5.41) is 2.70. The molecule has 0 atom stereocenters. The van der Waals surface area contributed by atoms with Crippen LogP contribution in [0.25, 0.3) is 0 Å². The lowest BCUT2D eigenvalue weighted by atomic mass is 10.0. The lowest BCUT2D eigenvalue weighted by Gasteiger charge is -2.35. The second kappa shape index (κ2) is 7.31. The van der Waals surface area contributed by atoms with E-state index >= 15 is 0 Å². The smallest absolute Gasteiger partial charge is 0.409 e. The number of anilines is 1. The Bertz CT molecular complexity index is 695. The van der Waals surface area contributed by atoms with Gasteiger partial charge in [0.15, 0.2) is 0 Å². The van der Waals surface area contributed by atoms with Gasteiger partial charge in [0.05, 0.1) is 6.61 Å². The van der Waals surface area contributed by atoms with Crippen molar-refractivity contribution < 1.29 is 23.5 Å². The largest absolute Gasteiger partial charge is 0.450 e. The number of amides is 3. The van der Waals surface area contributed by atoms with Crippen molar-refractivity contribution >= 4 is 23.6 Å². The first-order valence-electron chi connectivity index (χ1n) is 8.74. The third-order valence-corrected chi connectivity index (χ3v) is 4.79. The van der Waals surface area contributed by atoms with E-state index in [1.165, 1.54) is 24.3 Å². The molecule has 1 aliphatic carbocycles. The van der Waals surface area contributed by atoms with Crippen molar-refractivity contribution in [1.82, 2.24) is 9.80 Å². The predicted molar refractivity (Wildman–Crippen MR) is 91.9 cm³/mol. The van der Waals surface area contributed by atoms with Gasteiger partial charge in [-0.1, -0.05) is 0 Å². The normalized spacial score (nSPS) is 18.2. The summed E-state index contributed by atoms with van der Waals surface area (Å²) >= 11 is 0. The van der Waals surface area contributed by atoms with E-state index in [0.29, 0.717) is 51.3 Å². The fraction of sp³-hybridized carbons (Fsp3) is 0.500. The molecule has 3 amide bonds. The molecule has 1 aliphatic heterocycles. The van der Waals surface area contributed by atoms with Crippen LogP contribution in [0.1, 0.15) is 19.8 Å². The van der Waals surface area contributed by atoms with Crippen molar-refractivity contribution in [3.05, 3.63) is 30.1 Å². The Morgan fingerprint density at radius 1 is 1.08 bits per heavy atom. The Morgan fingerprint density at radius 2 is 1.65 bits per heavy atom. The number of halogens is 1. The van der Waals surface area contributed by atoms with Crippen LogP contribution < -0.4 is 5.32 Å². The van der Waals surface area contributed by atoms with E-state index in [1.807, 2.05) is 0 Å². The SMILES string of the molecule is CCOC(=O)N1CCN(C(=O)C2(C(=O)Nc3ccc(F)cc3)CC2)CC1. The molecule has 0 radical (unpaired) electrons. The number of carbonyl (C=O) groups excluding carboxylic acids is 3. The number of piperazine rings is 1. The Balaban J connectivity index is 1.58. The molecule has 1 heterocycles. The maximum absolute atomic E-state index is 13.0. The summed E-state index contributed by atoms with van der Waals surface area (Å²) in [6.45, 7) is 3.59. The molecule has 0 spiro atoms. The van der Waals surface area contributed by atoms with Gasteiger partial charge in [-0.05, 0) is 44.0 Å². The van der Waals surface area contributed by atoms with E-state index in [4.69, 9.17) is 4.74 Å². The highest BCUT2D eigenvalue weighted by molar-refractivity contribution is 6.13. The first-order valence-corrected chi connectivity index (χ1v) is 8.74. The number of nitrogens with zero attached hydrogens (tertiary/aromatic N) is 2. The number of carbonyl (C=O) groups is 3. The van der Waals surface area contributed by atoms with Crippen molar-refractivity contribution in [2.75, 3.05) is 38.1 Å². The van der Waals surface area contributed by atoms with Gasteiger partial charge >= 0.3 is 6.09 Å². The standard InChI is InChI=1S/C18H22FN3O4/c1-2-26-17(25)22-11-9-21(10-12-22)16(24)18(7-8-18)15(23)20-14-5-3-13(19)4-6-14/h3-6H,2,7-12H2,1H3,(H,20,23). The highest BCUT2D eigenvalue weighted by atomic mass is 19.1. The van der Waals surface area contributed by atoms with Crippen LogP contribution in [0.3, 0.4) is 0 Å². The highest BCUT2D eigenvalue weighted by Crippen LogP contribution is 2.48. The van der Waals surface area contributed by atoms with Crippen LogP contribution in [0.15, 0.2) is 24.3 Å². The summed E-state index contributed by atoms with van der Waals surface area (Å²) in [7, 11) is 0. The zero-order chi connectivity index (χ0) is 18.7. The van der Waals surface area contributed by atoms with Crippen LogP contribution in [0.5, 0.6) is 0 Å². The lowest BCUT2D eigenvalue weighted by Crippen LogP contribution is -2.53. The molecule has 1 aromatic carbocycles. The molecule has 2 aliphatic rings. The minimum absolute atomic E-state index is 0.208. The topological polar surface area (TPSA) is 79.0 Å². The summed E-state index contributed by atoms with van der Waals surface area (Å²) in [4.78, 5) is 40.3. The average molecular weight is 363 g/mol. The summed E-state index contributed by atoms with van der Waals surface area (Å²) in [6.07, 6.45) is 0.614. The Hall–Kier alpha value is -2.64. The van der Waals surface area contributed by atoms with Crippen LogP contribution in [-0.2, 0) is 14.3 Å². The molecule has 3 rings (SSSR count). The molecule has 7 nitrogen and oxygen atoms in total. The van der Waals surface area contributed by atoms with Crippen molar-refractivity contribution in [1.29, 1.82) is 0 Å². The van der Waals surface area contributed by atoms with Crippen LogP contribution in [-0.4, -0.2) is 60.5 Å². The number of hydrogen-bond donors (Lipinski definition) is 1. The minimum atomic E-state index is -1.04. The van der Waals surface area contributed by atoms with Crippen LogP contribution in [0, 0.1) is 11.2 Å². The molecule has 1 aromatic rings. The predicted octanol–water partition coefficient (Wildman–Crippen LogP) is 1.85. The molecule has 1 saturated carbocycles. The lowest BCUT2D eigenvalue weighted by molar-refractivity contribution is -0.143. The fourth-order valence-corrected chi connectivity index (χ4v) is 3.06. The van der Waals surface area contributed by atoms with Gasteiger partial charge in [-0.15, -0.1) is 0 Å². The molecule has 1 saturated heterocycles. The highest BCUT2D eigenvalue weighted by Gasteiger charge is 2.58. The molecule has 0 unspecified atom stereocenters. The van der Waals surface area contributed by atoms with Gasteiger partial charge in [0, 0.05) is 31.9 Å². The zero-order valence-electron chi connectivity index (χ0n) is 14.7. The van der Waals surface area contributed by atoms with E-state index in [-0.39, 0.29) is 23.7 Å². The molecule has 0 aromatic heterocycles. The van der Waals surface area contributed by atoms with Crippen LogP contribution >= 0.6 is 0 Å². The van der Waals surface area contributed by atoms with Gasteiger partial charge in [-0.3, -0.25) is 9.59 Å². The quantitative estimate of drug-likeness (QED) is 0.828. The van der Waals surface area contributed by atoms with Crippen molar-refractivity contribution in [2.45, 2.75) is 19.8 Å². The monoisotopic (exact) mass is 363 g/mol. The number of benzene rings is 1. The van der Waals surface area contributed by atoms with E-state index in [1.54, 1.807) is 16.7 Å². The zero-order valence-corrected chi connectivity index (χ0v) is 14.7. The second-order valence-electron chi connectivity index (χ2n) is 6.52. The molecule has 2 fully saturated rings. The molecular formula is C18H22FN3O4. The van der Waals surface area contributed by atoms with E-state index < -0.39 is 5.41 Å². The summed E-state index contributed by atoms with van der Waals surface area (Å²) in [5.74, 6) is -0.956. The number of hydrogen-bond acceptors (Lipinski definition) is 4. The molecule has 26 heavy (non-hydrogen) atoms. The van der Waals surface area contributed by atoms with Crippen LogP contribution in [0.4, 0.5) is 14.9 Å². The number of nitrogens with one attached hydrogen (secondary N) is 1. The summed E-state index contributed by atoms with van der Waals surface area (Å²) < 4.78 is 17.9.